The molecule has 0 amide bonds. The fourth-order valence-corrected chi connectivity index (χ4v) is 3.39. The molecule has 0 unspecified atom stereocenters. The van der Waals surface area contributed by atoms with E-state index in [1.165, 1.54) is 18.2 Å². The normalized spacial score (nSPS) is 16.4. The topological polar surface area (TPSA) is 46.2 Å². The molecule has 82 valence electrons. The average Bonchev–Trinajstić information content (AvgIpc) is 2.92. The standard InChI is InChI=1S/C9H9FINO2S/c10-6-1-4-9(8(11)5-6)12-15(13,14)7-2-3-7/h1,4-5,7,12H,2-3H2. The van der Waals surface area contributed by atoms with Crippen LogP contribution in [-0.2, 0) is 10.0 Å². The minimum atomic E-state index is -3.25. The van der Waals surface area contributed by atoms with Gasteiger partial charge in [0.15, 0.2) is 0 Å². The van der Waals surface area contributed by atoms with Crippen molar-refractivity contribution in [3.63, 3.8) is 0 Å². The molecule has 0 bridgehead atoms. The van der Waals surface area contributed by atoms with E-state index < -0.39 is 10.0 Å². The molecule has 0 saturated heterocycles. The molecule has 6 heteroatoms. The minimum absolute atomic E-state index is 0.265. The maximum atomic E-state index is 12.8. The summed E-state index contributed by atoms with van der Waals surface area (Å²) in [7, 11) is -3.25. The van der Waals surface area contributed by atoms with Crippen molar-refractivity contribution in [2.45, 2.75) is 18.1 Å². The van der Waals surface area contributed by atoms with Crippen molar-refractivity contribution in [3.05, 3.63) is 27.6 Å². The van der Waals surface area contributed by atoms with E-state index in [-0.39, 0.29) is 11.1 Å². The van der Waals surface area contributed by atoms with Gasteiger partial charge in [-0.25, -0.2) is 12.8 Å². The molecule has 1 aromatic rings. The molecular weight excluding hydrogens is 332 g/mol. The van der Waals surface area contributed by atoms with E-state index in [9.17, 15) is 12.8 Å². The van der Waals surface area contributed by atoms with Crippen LogP contribution in [0.4, 0.5) is 10.1 Å². The van der Waals surface area contributed by atoms with Crippen LogP contribution in [0.1, 0.15) is 12.8 Å². The average molecular weight is 341 g/mol. The molecule has 1 aromatic carbocycles. The van der Waals surface area contributed by atoms with Crippen LogP contribution < -0.4 is 4.72 Å². The lowest BCUT2D eigenvalue weighted by Crippen LogP contribution is -2.18. The first-order valence-corrected chi connectivity index (χ1v) is 7.08. The Morgan fingerprint density at radius 2 is 2.07 bits per heavy atom. The van der Waals surface area contributed by atoms with Crippen LogP contribution in [0.25, 0.3) is 0 Å². The molecular formula is C9H9FINO2S. The number of sulfonamides is 1. The number of hydrogen-bond donors (Lipinski definition) is 1. The molecule has 15 heavy (non-hydrogen) atoms. The SMILES string of the molecule is O=S(=O)(Nc1ccc(F)cc1I)C1CC1. The number of anilines is 1. The minimum Gasteiger partial charge on any atom is -0.282 e. The fourth-order valence-electron chi connectivity index (χ4n) is 1.19. The number of rotatable bonds is 3. The number of benzene rings is 1. The summed E-state index contributed by atoms with van der Waals surface area (Å²) in [5, 5.41) is -0.265. The van der Waals surface area contributed by atoms with Gasteiger partial charge in [0.25, 0.3) is 0 Å². The third-order valence-electron chi connectivity index (χ3n) is 2.15. The van der Waals surface area contributed by atoms with Crippen molar-refractivity contribution in [1.29, 1.82) is 0 Å². The number of halogens is 2. The highest BCUT2D eigenvalue weighted by atomic mass is 127. The highest BCUT2D eigenvalue weighted by Gasteiger charge is 2.35. The summed E-state index contributed by atoms with van der Waals surface area (Å²) in [5.74, 6) is -0.367. The number of nitrogens with one attached hydrogen (secondary N) is 1. The Kier molecular flexibility index (Phi) is 2.89. The Balaban J connectivity index is 2.24. The predicted octanol–water partition coefficient (Wildman–Crippen LogP) is 2.33. The highest BCUT2D eigenvalue weighted by molar-refractivity contribution is 14.1. The second-order valence-corrected chi connectivity index (χ2v) is 6.59. The van der Waals surface area contributed by atoms with Gasteiger partial charge in [-0.3, -0.25) is 4.72 Å². The van der Waals surface area contributed by atoms with Gasteiger partial charge in [-0.15, -0.1) is 0 Å². The quantitative estimate of drug-likeness (QED) is 0.858. The molecule has 0 aromatic heterocycles. The van der Waals surface area contributed by atoms with Crippen LogP contribution in [0.15, 0.2) is 18.2 Å². The summed E-state index contributed by atoms with van der Waals surface area (Å²) < 4.78 is 39.0. The summed E-state index contributed by atoms with van der Waals surface area (Å²) in [6.45, 7) is 0. The van der Waals surface area contributed by atoms with E-state index in [2.05, 4.69) is 4.72 Å². The van der Waals surface area contributed by atoms with Gasteiger partial charge in [-0.2, -0.15) is 0 Å². The summed E-state index contributed by atoms with van der Waals surface area (Å²) in [6.07, 6.45) is 1.43. The zero-order valence-electron chi connectivity index (χ0n) is 7.70. The molecule has 0 atom stereocenters. The van der Waals surface area contributed by atoms with E-state index >= 15 is 0 Å². The van der Waals surface area contributed by atoms with Crippen molar-refractivity contribution in [1.82, 2.24) is 0 Å². The second kappa shape index (κ2) is 3.89. The lowest BCUT2D eigenvalue weighted by molar-refractivity contribution is 0.599. The van der Waals surface area contributed by atoms with Crippen molar-refractivity contribution in [2.75, 3.05) is 4.72 Å². The Morgan fingerprint density at radius 1 is 1.40 bits per heavy atom. The Hall–Kier alpha value is -0.370. The van der Waals surface area contributed by atoms with Crippen molar-refractivity contribution < 1.29 is 12.8 Å². The van der Waals surface area contributed by atoms with E-state index in [0.717, 1.165) is 0 Å². The zero-order chi connectivity index (χ0) is 11.1. The van der Waals surface area contributed by atoms with E-state index in [1.807, 2.05) is 22.6 Å². The molecule has 3 nitrogen and oxygen atoms in total. The Labute approximate surface area is 101 Å². The van der Waals surface area contributed by atoms with Gasteiger partial charge in [0.1, 0.15) is 5.82 Å². The first-order chi connectivity index (χ1) is 6.99. The first-order valence-electron chi connectivity index (χ1n) is 4.46. The molecule has 1 fully saturated rings. The smallest absolute Gasteiger partial charge is 0.235 e. The summed E-state index contributed by atoms with van der Waals surface area (Å²) in [6, 6.07) is 3.98. The molecule has 2 rings (SSSR count). The molecule has 0 spiro atoms. The van der Waals surface area contributed by atoms with Crippen LogP contribution in [-0.4, -0.2) is 13.7 Å². The van der Waals surface area contributed by atoms with Crippen LogP contribution in [0.5, 0.6) is 0 Å². The van der Waals surface area contributed by atoms with Gasteiger partial charge >= 0.3 is 0 Å². The third kappa shape index (κ3) is 2.60. The van der Waals surface area contributed by atoms with E-state index in [1.54, 1.807) is 0 Å². The van der Waals surface area contributed by atoms with E-state index in [4.69, 9.17) is 0 Å². The van der Waals surface area contributed by atoms with Crippen LogP contribution in [0.2, 0.25) is 0 Å². The molecule has 1 aliphatic carbocycles. The maximum absolute atomic E-state index is 12.8. The summed E-state index contributed by atoms with van der Waals surface area (Å²) >= 11 is 1.90. The van der Waals surface area contributed by atoms with Gasteiger partial charge in [-0.1, -0.05) is 0 Å². The molecule has 0 aliphatic heterocycles. The predicted molar refractivity (Wildman–Crippen MR) is 64.7 cm³/mol. The molecule has 0 radical (unpaired) electrons. The molecule has 1 saturated carbocycles. The monoisotopic (exact) mass is 341 g/mol. The largest absolute Gasteiger partial charge is 0.282 e. The summed E-state index contributed by atoms with van der Waals surface area (Å²) in [4.78, 5) is 0. The van der Waals surface area contributed by atoms with Gasteiger partial charge < -0.3 is 0 Å². The van der Waals surface area contributed by atoms with Crippen molar-refractivity contribution >= 4 is 38.3 Å². The third-order valence-corrected chi connectivity index (χ3v) is 4.89. The second-order valence-electron chi connectivity index (χ2n) is 3.47. The molecule has 1 aliphatic rings. The van der Waals surface area contributed by atoms with Gasteiger partial charge in [0.05, 0.1) is 10.9 Å². The van der Waals surface area contributed by atoms with Crippen molar-refractivity contribution in [2.24, 2.45) is 0 Å². The lowest BCUT2D eigenvalue weighted by Gasteiger charge is -2.08. The van der Waals surface area contributed by atoms with Crippen LogP contribution in [0.3, 0.4) is 0 Å². The lowest BCUT2D eigenvalue weighted by atomic mass is 10.3. The fraction of sp³-hybridized carbons (Fsp3) is 0.333. The van der Waals surface area contributed by atoms with E-state index in [0.29, 0.717) is 22.1 Å². The Morgan fingerprint density at radius 3 is 2.60 bits per heavy atom. The number of hydrogen-bond acceptors (Lipinski definition) is 2. The van der Waals surface area contributed by atoms with Crippen LogP contribution >= 0.6 is 22.6 Å². The zero-order valence-corrected chi connectivity index (χ0v) is 10.7. The van der Waals surface area contributed by atoms with Gasteiger partial charge in [-0.05, 0) is 53.6 Å². The molecule has 0 heterocycles. The maximum Gasteiger partial charge on any atom is 0.235 e. The molecule has 1 N–H and O–H groups in total. The van der Waals surface area contributed by atoms with Crippen LogP contribution in [0, 0.1) is 9.39 Å². The summed E-state index contributed by atoms with van der Waals surface area (Å²) in [5.41, 5.74) is 0.448. The Bertz CT molecular complexity index is 485. The van der Waals surface area contributed by atoms with Crippen molar-refractivity contribution in [3.8, 4) is 0 Å². The van der Waals surface area contributed by atoms with Gasteiger partial charge in [0, 0.05) is 3.57 Å². The highest BCUT2D eigenvalue weighted by Crippen LogP contribution is 2.30. The first kappa shape index (κ1) is 11.1. The van der Waals surface area contributed by atoms with Gasteiger partial charge in [0.2, 0.25) is 10.0 Å².